The highest BCUT2D eigenvalue weighted by atomic mass is 19.1. The minimum atomic E-state index is -0.804. The van der Waals surface area contributed by atoms with Crippen molar-refractivity contribution in [2.24, 2.45) is 11.8 Å². The molecule has 0 saturated carbocycles. The number of rotatable bonds is 7. The molecule has 4 nitrogen and oxygen atoms in total. The van der Waals surface area contributed by atoms with Gasteiger partial charge in [0.2, 0.25) is 5.82 Å². The zero-order valence-corrected chi connectivity index (χ0v) is 13.0. The van der Waals surface area contributed by atoms with E-state index in [4.69, 9.17) is 0 Å². The van der Waals surface area contributed by atoms with E-state index in [0.29, 0.717) is 17.4 Å². The fourth-order valence-electron chi connectivity index (χ4n) is 1.90. The Hall–Kier alpha value is -1.75. The van der Waals surface area contributed by atoms with Gasteiger partial charge in [-0.15, -0.1) is 0 Å². The summed E-state index contributed by atoms with van der Waals surface area (Å²) in [6.45, 7) is 10.0. The van der Waals surface area contributed by atoms with Gasteiger partial charge in [-0.1, -0.05) is 45.4 Å². The highest BCUT2D eigenvalue weighted by molar-refractivity contribution is 5.57. The van der Waals surface area contributed by atoms with Crippen LogP contribution in [-0.2, 0) is 0 Å². The number of benzene rings is 1. The fraction of sp³-hybridized carbons (Fsp3) is 0.500. The number of hydrogen-bond donors (Lipinski definition) is 1. The Morgan fingerprint density at radius 2 is 2.05 bits per heavy atom. The van der Waals surface area contributed by atoms with E-state index in [0.717, 1.165) is 24.7 Å². The van der Waals surface area contributed by atoms with Gasteiger partial charge in [0.1, 0.15) is 0 Å². The predicted octanol–water partition coefficient (Wildman–Crippen LogP) is 4.02. The van der Waals surface area contributed by atoms with Gasteiger partial charge in [0.05, 0.1) is 4.92 Å². The second kappa shape index (κ2) is 7.88. The summed E-state index contributed by atoms with van der Waals surface area (Å²) in [5.41, 5.74) is 1.30. The Kier molecular flexibility index (Phi) is 6.49. The maximum atomic E-state index is 13.3. The maximum absolute atomic E-state index is 13.3. The van der Waals surface area contributed by atoms with Crippen LogP contribution < -0.4 is 5.32 Å². The molecule has 0 aromatic heterocycles. The zero-order chi connectivity index (χ0) is 16.0. The molecule has 0 bridgehead atoms. The molecule has 1 aromatic carbocycles. The number of nitro groups is 1. The molecule has 0 aliphatic heterocycles. The van der Waals surface area contributed by atoms with Crippen molar-refractivity contribution in [2.45, 2.75) is 27.7 Å². The molecule has 0 fully saturated rings. The molecule has 5 heteroatoms. The molecule has 1 aromatic rings. The van der Waals surface area contributed by atoms with E-state index in [2.05, 4.69) is 33.0 Å². The first-order valence-corrected chi connectivity index (χ1v) is 7.16. The van der Waals surface area contributed by atoms with Crippen LogP contribution >= 0.6 is 0 Å². The monoisotopic (exact) mass is 294 g/mol. The molecule has 0 spiro atoms. The number of hydrogen-bond acceptors (Lipinski definition) is 3. The normalized spacial score (nSPS) is 12.2. The summed E-state index contributed by atoms with van der Waals surface area (Å²) in [6, 6.07) is 3.98. The Morgan fingerprint density at radius 1 is 1.38 bits per heavy atom. The highest BCUT2D eigenvalue weighted by Gasteiger charge is 2.14. The van der Waals surface area contributed by atoms with E-state index < -0.39 is 16.4 Å². The third kappa shape index (κ3) is 5.63. The Labute approximate surface area is 125 Å². The van der Waals surface area contributed by atoms with Crippen LogP contribution in [0.1, 0.15) is 33.3 Å². The van der Waals surface area contributed by atoms with Gasteiger partial charge >= 0.3 is 5.69 Å². The van der Waals surface area contributed by atoms with E-state index >= 15 is 0 Å². The lowest BCUT2D eigenvalue weighted by atomic mass is 9.99. The first-order valence-electron chi connectivity index (χ1n) is 7.16. The molecule has 21 heavy (non-hydrogen) atoms. The quantitative estimate of drug-likeness (QED) is 0.610. The average molecular weight is 294 g/mol. The number of nitrogens with zero attached hydrogens (tertiary/aromatic N) is 1. The lowest BCUT2D eigenvalue weighted by Crippen LogP contribution is -2.23. The van der Waals surface area contributed by atoms with Gasteiger partial charge in [0.25, 0.3) is 0 Å². The van der Waals surface area contributed by atoms with Crippen LogP contribution in [0.25, 0.3) is 6.08 Å². The number of halogens is 1. The molecule has 0 atom stereocenters. The number of nitrogens with one attached hydrogen (secondary N) is 1. The van der Waals surface area contributed by atoms with Crippen molar-refractivity contribution in [3.8, 4) is 0 Å². The molecule has 0 saturated heterocycles. The summed E-state index contributed by atoms with van der Waals surface area (Å²) in [5.74, 6) is 0.0697. The Bertz CT molecular complexity index is 525. The lowest BCUT2D eigenvalue weighted by Gasteiger charge is -2.14. The van der Waals surface area contributed by atoms with Crippen LogP contribution in [0, 0.1) is 27.8 Å². The molecule has 0 unspecified atom stereocenters. The summed E-state index contributed by atoms with van der Waals surface area (Å²) in [7, 11) is 0. The van der Waals surface area contributed by atoms with Gasteiger partial charge in [0.15, 0.2) is 0 Å². The van der Waals surface area contributed by atoms with Crippen LogP contribution in [0.15, 0.2) is 23.8 Å². The molecule has 116 valence electrons. The molecule has 0 aliphatic carbocycles. The van der Waals surface area contributed by atoms with Crippen molar-refractivity contribution in [3.05, 3.63) is 45.3 Å². The molecular weight excluding hydrogens is 271 g/mol. The third-order valence-electron chi connectivity index (χ3n) is 3.14. The molecule has 0 amide bonds. The fourth-order valence-corrected chi connectivity index (χ4v) is 1.90. The van der Waals surface area contributed by atoms with Gasteiger partial charge in [-0.25, -0.2) is 0 Å². The average Bonchev–Trinajstić information content (AvgIpc) is 2.38. The summed E-state index contributed by atoms with van der Waals surface area (Å²) >= 11 is 0. The molecule has 1 rings (SSSR count). The van der Waals surface area contributed by atoms with E-state index in [9.17, 15) is 14.5 Å². The van der Waals surface area contributed by atoms with E-state index in [-0.39, 0.29) is 0 Å². The van der Waals surface area contributed by atoms with Crippen LogP contribution in [0.2, 0.25) is 0 Å². The summed E-state index contributed by atoms with van der Waals surface area (Å²) < 4.78 is 13.3. The van der Waals surface area contributed by atoms with Crippen molar-refractivity contribution in [3.63, 3.8) is 0 Å². The summed E-state index contributed by atoms with van der Waals surface area (Å²) in [5, 5.41) is 14.1. The van der Waals surface area contributed by atoms with Crippen molar-refractivity contribution in [1.29, 1.82) is 0 Å². The lowest BCUT2D eigenvalue weighted by molar-refractivity contribution is -0.387. The first kappa shape index (κ1) is 17.3. The molecular formula is C16H23FN2O2. The van der Waals surface area contributed by atoms with Gasteiger partial charge in [0, 0.05) is 12.6 Å². The third-order valence-corrected chi connectivity index (χ3v) is 3.14. The first-order chi connectivity index (χ1) is 9.81. The van der Waals surface area contributed by atoms with Crippen molar-refractivity contribution >= 4 is 11.8 Å². The van der Waals surface area contributed by atoms with Crippen LogP contribution in [-0.4, -0.2) is 18.0 Å². The minimum absolute atomic E-state index is 0.314. The Morgan fingerprint density at radius 3 is 2.57 bits per heavy atom. The Balaban J connectivity index is 2.94. The van der Waals surface area contributed by atoms with Crippen LogP contribution in [0.3, 0.4) is 0 Å². The SMILES string of the molecule is CC(C)CNC/C(=C/c1ccc(F)c([N+](=O)[O-])c1)C(C)C. The summed E-state index contributed by atoms with van der Waals surface area (Å²) in [6.07, 6.45) is 1.89. The van der Waals surface area contributed by atoms with Crippen LogP contribution in [0.4, 0.5) is 10.1 Å². The van der Waals surface area contributed by atoms with Crippen molar-refractivity contribution in [2.75, 3.05) is 13.1 Å². The summed E-state index contributed by atoms with van der Waals surface area (Å²) in [4.78, 5) is 10.1. The number of nitro benzene ring substituents is 1. The van der Waals surface area contributed by atoms with Gasteiger partial charge in [-0.05, 0) is 30.0 Å². The van der Waals surface area contributed by atoms with Crippen molar-refractivity contribution in [1.82, 2.24) is 5.32 Å². The highest BCUT2D eigenvalue weighted by Crippen LogP contribution is 2.21. The topological polar surface area (TPSA) is 55.2 Å². The maximum Gasteiger partial charge on any atom is 0.305 e. The molecule has 0 aliphatic rings. The van der Waals surface area contributed by atoms with Crippen molar-refractivity contribution < 1.29 is 9.31 Å². The minimum Gasteiger partial charge on any atom is -0.313 e. The smallest absolute Gasteiger partial charge is 0.305 e. The molecule has 0 heterocycles. The second-order valence-corrected chi connectivity index (χ2v) is 5.87. The zero-order valence-electron chi connectivity index (χ0n) is 13.0. The van der Waals surface area contributed by atoms with Gasteiger partial charge < -0.3 is 5.32 Å². The van der Waals surface area contributed by atoms with E-state index in [1.807, 2.05) is 6.08 Å². The largest absolute Gasteiger partial charge is 0.313 e. The predicted molar refractivity (Wildman–Crippen MR) is 83.6 cm³/mol. The molecule has 1 N–H and O–H groups in total. The molecule has 0 radical (unpaired) electrons. The van der Waals surface area contributed by atoms with Gasteiger partial charge in [-0.3, -0.25) is 10.1 Å². The van der Waals surface area contributed by atoms with Crippen LogP contribution in [0.5, 0.6) is 0 Å². The van der Waals surface area contributed by atoms with E-state index in [1.165, 1.54) is 6.07 Å². The standard InChI is InChI=1S/C16H23FN2O2/c1-11(2)9-18-10-14(12(3)4)7-13-5-6-15(17)16(8-13)19(20)21/h5-8,11-12,18H,9-10H2,1-4H3/b14-7-. The van der Waals surface area contributed by atoms with E-state index in [1.54, 1.807) is 6.07 Å². The second-order valence-electron chi connectivity index (χ2n) is 5.87. The van der Waals surface area contributed by atoms with Gasteiger partial charge in [-0.2, -0.15) is 4.39 Å².